The number of amides is 2. The van der Waals surface area contributed by atoms with E-state index in [1.807, 2.05) is 45.8 Å². The average molecular weight is 692 g/mol. The van der Waals surface area contributed by atoms with Gasteiger partial charge < -0.3 is 24.3 Å². The van der Waals surface area contributed by atoms with Gasteiger partial charge in [-0.2, -0.15) is 5.10 Å². The van der Waals surface area contributed by atoms with E-state index in [9.17, 15) is 9.59 Å². The molecule has 0 unspecified atom stereocenters. The summed E-state index contributed by atoms with van der Waals surface area (Å²) in [4.78, 5) is 44.6. The van der Waals surface area contributed by atoms with E-state index in [0.29, 0.717) is 39.3 Å². The van der Waals surface area contributed by atoms with Crippen LogP contribution in [-0.2, 0) is 16.1 Å². The highest BCUT2D eigenvalue weighted by atomic mass is 35.5. The summed E-state index contributed by atoms with van der Waals surface area (Å²) >= 11 is 0. The molecule has 260 valence electrons. The molecule has 0 N–H and O–H groups in total. The van der Waals surface area contributed by atoms with Crippen LogP contribution in [0.4, 0.5) is 5.82 Å². The molecule has 0 radical (unpaired) electrons. The van der Waals surface area contributed by atoms with Crippen LogP contribution in [0, 0.1) is 11.8 Å². The SMILES string of the molecule is CCOc1cccc(Cn2ncc3c(N4CCN(C(=O)[C@H]5CC[C@H](C(=O)N(CC)CCN(CC)CC)CC5)CC4)ncnc32)c1.Cl.Cl. The summed E-state index contributed by atoms with van der Waals surface area (Å²) in [5.41, 5.74) is 1.89. The first-order valence-electron chi connectivity index (χ1n) is 16.9. The van der Waals surface area contributed by atoms with E-state index in [0.717, 1.165) is 86.6 Å². The quantitative estimate of drug-likeness (QED) is 0.253. The molecule has 2 aliphatic rings. The smallest absolute Gasteiger partial charge is 0.225 e. The topological polar surface area (TPSA) is 99.9 Å². The number of fused-ring (bicyclic) bond motifs is 1. The van der Waals surface area contributed by atoms with E-state index in [4.69, 9.17) is 4.74 Å². The molecule has 13 heteroatoms. The fourth-order valence-corrected chi connectivity index (χ4v) is 6.79. The van der Waals surface area contributed by atoms with Gasteiger partial charge in [-0.05, 0) is 70.3 Å². The molecule has 1 aliphatic carbocycles. The lowest BCUT2D eigenvalue weighted by atomic mass is 9.80. The van der Waals surface area contributed by atoms with Crippen molar-refractivity contribution in [3.63, 3.8) is 0 Å². The van der Waals surface area contributed by atoms with Gasteiger partial charge in [-0.3, -0.25) is 9.59 Å². The summed E-state index contributed by atoms with van der Waals surface area (Å²) in [5, 5.41) is 5.56. The molecule has 1 saturated carbocycles. The number of ether oxygens (including phenoxy) is 1. The third-order valence-corrected chi connectivity index (χ3v) is 9.54. The zero-order valence-electron chi connectivity index (χ0n) is 28.3. The van der Waals surface area contributed by atoms with Gasteiger partial charge in [0.05, 0.1) is 24.7 Å². The summed E-state index contributed by atoms with van der Waals surface area (Å²) in [6.07, 6.45) is 6.64. The van der Waals surface area contributed by atoms with Gasteiger partial charge in [0.2, 0.25) is 11.8 Å². The van der Waals surface area contributed by atoms with Crippen LogP contribution in [0.15, 0.2) is 36.8 Å². The van der Waals surface area contributed by atoms with Crippen LogP contribution >= 0.6 is 24.8 Å². The molecule has 0 atom stereocenters. The highest BCUT2D eigenvalue weighted by Crippen LogP contribution is 2.32. The second kappa shape index (κ2) is 18.4. The van der Waals surface area contributed by atoms with Crippen molar-refractivity contribution in [3.05, 3.63) is 42.4 Å². The molecule has 0 bridgehead atoms. The maximum Gasteiger partial charge on any atom is 0.225 e. The fourth-order valence-electron chi connectivity index (χ4n) is 6.79. The number of hydrogen-bond donors (Lipinski definition) is 0. The van der Waals surface area contributed by atoms with Gasteiger partial charge in [0.15, 0.2) is 5.65 Å². The van der Waals surface area contributed by atoms with E-state index in [1.54, 1.807) is 6.33 Å². The summed E-state index contributed by atoms with van der Waals surface area (Å²) in [6.45, 7) is 16.8. The molecule has 2 fully saturated rings. The van der Waals surface area contributed by atoms with Gasteiger partial charge in [0.25, 0.3) is 0 Å². The number of piperazine rings is 1. The summed E-state index contributed by atoms with van der Waals surface area (Å²) in [7, 11) is 0. The Balaban J connectivity index is 0.00000300. The summed E-state index contributed by atoms with van der Waals surface area (Å²) in [6, 6.07) is 8.05. The van der Waals surface area contributed by atoms with Crippen LogP contribution in [0.1, 0.15) is 58.9 Å². The van der Waals surface area contributed by atoms with Gasteiger partial charge in [-0.25, -0.2) is 14.6 Å². The Bertz CT molecular complexity index is 1420. The number of benzene rings is 1. The van der Waals surface area contributed by atoms with Crippen molar-refractivity contribution < 1.29 is 14.3 Å². The average Bonchev–Trinajstić information content (AvgIpc) is 3.49. The van der Waals surface area contributed by atoms with Gasteiger partial charge >= 0.3 is 0 Å². The first-order valence-corrected chi connectivity index (χ1v) is 16.9. The molecule has 3 aromatic rings. The van der Waals surface area contributed by atoms with E-state index in [1.165, 1.54) is 0 Å². The highest BCUT2D eigenvalue weighted by Gasteiger charge is 2.35. The van der Waals surface area contributed by atoms with E-state index < -0.39 is 0 Å². The lowest BCUT2D eigenvalue weighted by Crippen LogP contribution is -2.51. The number of hydrogen-bond acceptors (Lipinski definition) is 8. The predicted molar refractivity (Wildman–Crippen MR) is 191 cm³/mol. The van der Waals surface area contributed by atoms with Crippen molar-refractivity contribution in [2.75, 3.05) is 70.4 Å². The molecule has 47 heavy (non-hydrogen) atoms. The minimum absolute atomic E-state index is 0. The molecule has 5 rings (SSSR count). The number of anilines is 1. The second-order valence-electron chi connectivity index (χ2n) is 12.1. The van der Waals surface area contributed by atoms with E-state index in [2.05, 4.69) is 51.7 Å². The number of halogens is 2. The van der Waals surface area contributed by atoms with Crippen molar-refractivity contribution in [2.24, 2.45) is 11.8 Å². The van der Waals surface area contributed by atoms with Crippen molar-refractivity contribution >= 4 is 53.5 Å². The Morgan fingerprint density at radius 1 is 0.894 bits per heavy atom. The number of carbonyl (C=O) groups is 2. The molecular weight excluding hydrogens is 639 g/mol. The van der Waals surface area contributed by atoms with Crippen molar-refractivity contribution in [3.8, 4) is 5.75 Å². The second-order valence-corrected chi connectivity index (χ2v) is 12.1. The van der Waals surface area contributed by atoms with Crippen molar-refractivity contribution in [2.45, 2.75) is 59.9 Å². The van der Waals surface area contributed by atoms with Gasteiger partial charge in [0, 0.05) is 57.6 Å². The highest BCUT2D eigenvalue weighted by molar-refractivity contribution is 5.87. The number of carbonyl (C=O) groups excluding carboxylic acids is 2. The number of aromatic nitrogens is 4. The third kappa shape index (κ3) is 9.27. The normalized spacial score (nSPS) is 18.1. The predicted octanol–water partition coefficient (Wildman–Crippen LogP) is 4.76. The molecule has 1 aliphatic heterocycles. The first kappa shape index (κ1) is 38.3. The van der Waals surface area contributed by atoms with Crippen LogP contribution in [-0.4, -0.2) is 112 Å². The number of nitrogens with zero attached hydrogens (tertiary/aromatic N) is 8. The Labute approximate surface area is 291 Å². The molecule has 11 nitrogen and oxygen atoms in total. The Morgan fingerprint density at radius 2 is 1.60 bits per heavy atom. The molecule has 2 amide bonds. The standard InChI is InChI=1S/C34H50N8O3.2ClH/c1-5-38(6-2)16-17-39(7-3)33(43)27-12-14-28(15-13-27)34(44)41-20-18-40(19-21-41)31-30-23-37-42(32(30)36-25-35-31)24-26-10-9-11-29(22-26)45-8-4;;/h9-11,22-23,25,27-28H,5-8,12-21,24H2,1-4H3;2*1H/t27-,28-;;. The zero-order valence-corrected chi connectivity index (χ0v) is 30.0. The minimum atomic E-state index is 0. The molecule has 1 aromatic carbocycles. The van der Waals surface area contributed by atoms with Crippen LogP contribution < -0.4 is 9.64 Å². The Hall–Kier alpha value is -3.15. The van der Waals surface area contributed by atoms with Gasteiger partial charge in [-0.15, -0.1) is 24.8 Å². The van der Waals surface area contributed by atoms with Crippen LogP contribution in [0.25, 0.3) is 11.0 Å². The zero-order chi connectivity index (χ0) is 31.8. The Kier molecular flexibility index (Phi) is 15.0. The first-order chi connectivity index (χ1) is 21.9. The van der Waals surface area contributed by atoms with Crippen LogP contribution in [0.3, 0.4) is 0 Å². The maximum atomic E-state index is 13.5. The molecule has 0 spiro atoms. The largest absolute Gasteiger partial charge is 0.494 e. The third-order valence-electron chi connectivity index (χ3n) is 9.54. The number of likely N-dealkylation sites (N-methyl/N-ethyl adjacent to an activating group) is 2. The van der Waals surface area contributed by atoms with E-state index >= 15 is 0 Å². The van der Waals surface area contributed by atoms with Crippen LogP contribution in [0.5, 0.6) is 5.75 Å². The summed E-state index contributed by atoms with van der Waals surface area (Å²) in [5.74, 6) is 2.27. The molecule has 3 heterocycles. The maximum absolute atomic E-state index is 13.5. The summed E-state index contributed by atoms with van der Waals surface area (Å²) < 4.78 is 7.56. The monoisotopic (exact) mass is 690 g/mol. The van der Waals surface area contributed by atoms with Crippen molar-refractivity contribution in [1.29, 1.82) is 0 Å². The van der Waals surface area contributed by atoms with Gasteiger partial charge in [0.1, 0.15) is 17.9 Å². The van der Waals surface area contributed by atoms with Crippen LogP contribution in [0.2, 0.25) is 0 Å². The Morgan fingerprint density at radius 3 is 2.26 bits per heavy atom. The van der Waals surface area contributed by atoms with E-state index in [-0.39, 0.29) is 48.5 Å². The lowest BCUT2D eigenvalue weighted by Gasteiger charge is -2.38. The fraction of sp³-hybridized carbons (Fsp3) is 0.618. The number of rotatable bonds is 13. The minimum Gasteiger partial charge on any atom is -0.494 e. The molecule has 2 aromatic heterocycles. The molecular formula is C34H52Cl2N8O3. The molecule has 1 saturated heterocycles. The lowest BCUT2D eigenvalue weighted by molar-refractivity contribution is -0.141. The van der Waals surface area contributed by atoms with Gasteiger partial charge in [-0.1, -0.05) is 26.0 Å². The van der Waals surface area contributed by atoms with Crippen molar-refractivity contribution in [1.82, 2.24) is 34.4 Å².